The molecule has 0 spiro atoms. The number of aromatic hydroxyl groups is 3. The number of carbonyl (C=O) groups is 2. The second kappa shape index (κ2) is 8.02. The van der Waals surface area contributed by atoms with Crippen LogP contribution < -0.4 is 0 Å². The number of Topliss-reactive ketones (excluding diaryl/α,β-unsaturated/α-hetero) is 2. The molecule has 0 bridgehead atoms. The highest BCUT2D eigenvalue weighted by atomic mass is 16.3. The predicted molar refractivity (Wildman–Crippen MR) is 109 cm³/mol. The van der Waals surface area contributed by atoms with Crippen molar-refractivity contribution < 1.29 is 40.2 Å². The third-order valence-corrected chi connectivity index (χ3v) is 5.60. The fourth-order valence-electron chi connectivity index (χ4n) is 3.70. The van der Waals surface area contributed by atoms with E-state index in [1.807, 2.05) is 0 Å². The van der Waals surface area contributed by atoms with Gasteiger partial charge in [0, 0.05) is 29.5 Å². The maximum atomic E-state index is 12.4. The average molecular weight is 420 g/mol. The molecular formula is C22H28O8. The summed E-state index contributed by atoms with van der Waals surface area (Å²) in [5.41, 5.74) is -2.40. The number of phenolic OH excluding ortho intramolecular Hbond substituents is 3. The van der Waals surface area contributed by atoms with Crippen LogP contribution in [0.25, 0.3) is 0 Å². The first kappa shape index (κ1) is 23.3. The molecule has 30 heavy (non-hydrogen) atoms. The van der Waals surface area contributed by atoms with E-state index in [1.165, 1.54) is 20.8 Å². The van der Waals surface area contributed by atoms with E-state index < -0.39 is 58.3 Å². The Morgan fingerprint density at radius 3 is 2.03 bits per heavy atom. The molecule has 0 heterocycles. The SMILES string of the molecule is CCCC(=O)c1c(O)c(C)c(O)c(CC2=C(O)C(C)(C)C(O)=C(C(C)=O)[C@H]2O)c1O. The Hall–Kier alpha value is -3.00. The van der Waals surface area contributed by atoms with Crippen LogP contribution in [-0.2, 0) is 11.2 Å². The van der Waals surface area contributed by atoms with Gasteiger partial charge in [-0.05, 0) is 34.1 Å². The molecule has 2 rings (SSSR count). The van der Waals surface area contributed by atoms with Crippen LogP contribution in [0, 0.1) is 12.3 Å². The Bertz CT molecular complexity index is 982. The molecule has 0 aliphatic heterocycles. The molecule has 0 aromatic heterocycles. The minimum absolute atomic E-state index is 0.0444. The van der Waals surface area contributed by atoms with Gasteiger partial charge in [-0.2, -0.15) is 0 Å². The lowest BCUT2D eigenvalue weighted by atomic mass is 9.74. The first-order chi connectivity index (χ1) is 13.8. The Labute approximate surface area is 174 Å². The van der Waals surface area contributed by atoms with Gasteiger partial charge in [0.1, 0.15) is 40.4 Å². The second-order valence-corrected chi connectivity index (χ2v) is 8.09. The molecule has 8 nitrogen and oxygen atoms in total. The van der Waals surface area contributed by atoms with Gasteiger partial charge in [-0.3, -0.25) is 9.59 Å². The van der Waals surface area contributed by atoms with Crippen molar-refractivity contribution in [3.05, 3.63) is 39.4 Å². The summed E-state index contributed by atoms with van der Waals surface area (Å²) in [6, 6.07) is 0. The number of aliphatic hydroxyl groups is 3. The maximum absolute atomic E-state index is 12.4. The number of benzene rings is 1. The largest absolute Gasteiger partial charge is 0.511 e. The van der Waals surface area contributed by atoms with E-state index in [9.17, 15) is 40.2 Å². The van der Waals surface area contributed by atoms with Crippen LogP contribution >= 0.6 is 0 Å². The Morgan fingerprint density at radius 2 is 1.53 bits per heavy atom. The molecule has 164 valence electrons. The summed E-state index contributed by atoms with van der Waals surface area (Å²) in [5.74, 6) is -3.75. The number of rotatable bonds is 6. The topological polar surface area (TPSA) is 156 Å². The van der Waals surface area contributed by atoms with Crippen LogP contribution in [-0.4, -0.2) is 48.3 Å². The van der Waals surface area contributed by atoms with Crippen molar-refractivity contribution in [2.24, 2.45) is 5.41 Å². The molecule has 1 aromatic rings. The summed E-state index contributed by atoms with van der Waals surface area (Å²) in [4.78, 5) is 24.4. The van der Waals surface area contributed by atoms with E-state index in [0.29, 0.717) is 6.42 Å². The highest BCUT2D eigenvalue weighted by Crippen LogP contribution is 2.47. The summed E-state index contributed by atoms with van der Waals surface area (Å²) in [6.07, 6.45) is -1.58. The third kappa shape index (κ3) is 3.52. The summed E-state index contributed by atoms with van der Waals surface area (Å²) in [6.45, 7) is 7.17. The molecule has 0 amide bonds. The van der Waals surface area contributed by atoms with Crippen LogP contribution in [0.4, 0.5) is 0 Å². The van der Waals surface area contributed by atoms with Crippen LogP contribution in [0.1, 0.15) is 62.0 Å². The van der Waals surface area contributed by atoms with Crippen molar-refractivity contribution in [2.45, 2.75) is 60.0 Å². The van der Waals surface area contributed by atoms with Gasteiger partial charge in [0.25, 0.3) is 0 Å². The monoisotopic (exact) mass is 420 g/mol. The number of hydrogen-bond donors (Lipinski definition) is 6. The molecule has 0 unspecified atom stereocenters. The smallest absolute Gasteiger partial charge is 0.170 e. The third-order valence-electron chi connectivity index (χ3n) is 5.60. The number of phenols is 3. The lowest BCUT2D eigenvalue weighted by Gasteiger charge is -2.35. The summed E-state index contributed by atoms with van der Waals surface area (Å²) in [5, 5.41) is 63.2. The van der Waals surface area contributed by atoms with Crippen molar-refractivity contribution in [3.63, 3.8) is 0 Å². The number of carbonyl (C=O) groups excluding carboxylic acids is 2. The first-order valence-corrected chi connectivity index (χ1v) is 9.63. The number of ketones is 2. The van der Waals surface area contributed by atoms with Crippen LogP contribution in [0.15, 0.2) is 22.7 Å². The van der Waals surface area contributed by atoms with E-state index in [-0.39, 0.29) is 34.3 Å². The van der Waals surface area contributed by atoms with Crippen LogP contribution in [0.5, 0.6) is 17.2 Å². The van der Waals surface area contributed by atoms with Gasteiger partial charge in [-0.15, -0.1) is 0 Å². The van der Waals surface area contributed by atoms with Gasteiger partial charge in [0.05, 0.1) is 11.0 Å². The minimum Gasteiger partial charge on any atom is -0.511 e. The van der Waals surface area contributed by atoms with E-state index in [0.717, 1.165) is 6.92 Å². The average Bonchev–Trinajstić information content (AvgIpc) is 2.65. The summed E-state index contributed by atoms with van der Waals surface area (Å²) >= 11 is 0. The summed E-state index contributed by atoms with van der Waals surface area (Å²) in [7, 11) is 0. The van der Waals surface area contributed by atoms with Crippen molar-refractivity contribution >= 4 is 11.6 Å². The van der Waals surface area contributed by atoms with Crippen molar-refractivity contribution in [1.82, 2.24) is 0 Å². The van der Waals surface area contributed by atoms with Gasteiger partial charge in [-0.25, -0.2) is 0 Å². The molecule has 8 heteroatoms. The van der Waals surface area contributed by atoms with Crippen molar-refractivity contribution in [3.8, 4) is 17.2 Å². The highest BCUT2D eigenvalue weighted by Gasteiger charge is 2.43. The van der Waals surface area contributed by atoms with E-state index >= 15 is 0 Å². The molecule has 1 atom stereocenters. The van der Waals surface area contributed by atoms with Gasteiger partial charge >= 0.3 is 0 Å². The van der Waals surface area contributed by atoms with Crippen molar-refractivity contribution in [2.75, 3.05) is 0 Å². The number of hydrogen-bond acceptors (Lipinski definition) is 8. The molecular weight excluding hydrogens is 392 g/mol. The molecule has 0 saturated carbocycles. The van der Waals surface area contributed by atoms with Crippen LogP contribution in [0.2, 0.25) is 0 Å². The minimum atomic E-state index is -1.68. The Balaban J connectivity index is 2.72. The fraction of sp³-hybridized carbons (Fsp3) is 0.455. The van der Waals surface area contributed by atoms with Gasteiger partial charge in [-0.1, -0.05) is 6.92 Å². The lowest BCUT2D eigenvalue weighted by molar-refractivity contribution is -0.114. The Morgan fingerprint density at radius 1 is 0.967 bits per heavy atom. The summed E-state index contributed by atoms with van der Waals surface area (Å²) < 4.78 is 0. The molecule has 1 aliphatic carbocycles. The Kier molecular flexibility index (Phi) is 6.23. The standard InChI is InChI=1S/C22H28O8/c1-6-7-13(24)15-17(26)9(2)16(25)11(18(15)27)8-12-19(28)14(10(3)23)21(30)22(4,5)20(12)29/h19,25-30H,6-8H2,1-5H3/t19-/m0/s1. The van der Waals surface area contributed by atoms with E-state index in [1.54, 1.807) is 6.92 Å². The zero-order chi connectivity index (χ0) is 23.1. The van der Waals surface area contributed by atoms with Gasteiger partial charge < -0.3 is 30.6 Å². The molecule has 1 aromatic carbocycles. The second-order valence-electron chi connectivity index (χ2n) is 8.09. The molecule has 6 N–H and O–H groups in total. The van der Waals surface area contributed by atoms with Gasteiger partial charge in [0.15, 0.2) is 11.6 Å². The normalized spacial score (nSPS) is 18.7. The molecule has 0 saturated heterocycles. The maximum Gasteiger partial charge on any atom is 0.170 e. The zero-order valence-electron chi connectivity index (χ0n) is 17.7. The molecule has 1 aliphatic rings. The predicted octanol–water partition coefficient (Wildman–Crippen LogP) is 3.25. The van der Waals surface area contributed by atoms with Crippen molar-refractivity contribution in [1.29, 1.82) is 0 Å². The number of aliphatic hydroxyl groups excluding tert-OH is 3. The fourth-order valence-corrected chi connectivity index (χ4v) is 3.70. The molecule has 0 radical (unpaired) electrons. The quantitative estimate of drug-likeness (QED) is 0.383. The zero-order valence-corrected chi connectivity index (χ0v) is 17.7. The van der Waals surface area contributed by atoms with Gasteiger partial charge in [0.2, 0.25) is 0 Å². The van der Waals surface area contributed by atoms with Crippen LogP contribution in [0.3, 0.4) is 0 Å². The lowest BCUT2D eigenvalue weighted by Crippen LogP contribution is -2.35. The molecule has 0 fully saturated rings. The first-order valence-electron chi connectivity index (χ1n) is 9.63. The highest BCUT2D eigenvalue weighted by molar-refractivity contribution is 6.02. The van der Waals surface area contributed by atoms with E-state index in [2.05, 4.69) is 0 Å². The van der Waals surface area contributed by atoms with E-state index in [4.69, 9.17) is 0 Å².